The highest BCUT2D eigenvalue weighted by atomic mass is 32.2. The number of hydrogen-bond donors (Lipinski definition) is 1. The van der Waals surface area contributed by atoms with Crippen molar-refractivity contribution in [3.05, 3.63) is 23.3 Å². The van der Waals surface area contributed by atoms with Gasteiger partial charge >= 0.3 is 0 Å². The van der Waals surface area contributed by atoms with Crippen molar-refractivity contribution in [2.75, 3.05) is 11.9 Å². The van der Waals surface area contributed by atoms with Crippen LogP contribution < -0.4 is 5.32 Å². The monoisotopic (exact) mass is 306 g/mol. The largest absolute Gasteiger partial charge is 0.439 e. The summed E-state index contributed by atoms with van der Waals surface area (Å²) in [4.78, 5) is 13.6. The Hall–Kier alpha value is -1.56. The lowest BCUT2D eigenvalue weighted by atomic mass is 10.3. The standard InChI is InChI=1S/C15H22N4OS/c1-5-7-12-18-13(16-8-6-2)11(4)14(19-12)21-15-17-10(3)9-20-15/h9H,5-8H2,1-4H3,(H,16,18,19). The zero-order valence-electron chi connectivity index (χ0n) is 13.1. The van der Waals surface area contributed by atoms with Crippen LogP contribution in [-0.4, -0.2) is 21.5 Å². The highest BCUT2D eigenvalue weighted by Crippen LogP contribution is 2.31. The molecule has 0 aliphatic carbocycles. The molecule has 2 aromatic heterocycles. The van der Waals surface area contributed by atoms with Crippen LogP contribution >= 0.6 is 11.8 Å². The molecule has 2 heterocycles. The van der Waals surface area contributed by atoms with Gasteiger partial charge in [0, 0.05) is 18.5 Å². The average molecular weight is 306 g/mol. The number of aromatic nitrogens is 3. The zero-order chi connectivity index (χ0) is 15.2. The van der Waals surface area contributed by atoms with Crippen LogP contribution in [0.25, 0.3) is 0 Å². The Morgan fingerprint density at radius 3 is 2.57 bits per heavy atom. The van der Waals surface area contributed by atoms with Crippen molar-refractivity contribution in [1.82, 2.24) is 15.0 Å². The topological polar surface area (TPSA) is 63.8 Å². The summed E-state index contributed by atoms with van der Waals surface area (Å²) in [6, 6.07) is 0. The summed E-state index contributed by atoms with van der Waals surface area (Å²) in [6.07, 6.45) is 4.62. The van der Waals surface area contributed by atoms with E-state index in [1.54, 1.807) is 6.26 Å². The molecule has 6 heteroatoms. The predicted molar refractivity (Wildman–Crippen MR) is 84.9 cm³/mol. The van der Waals surface area contributed by atoms with Gasteiger partial charge in [-0.25, -0.2) is 15.0 Å². The molecular weight excluding hydrogens is 284 g/mol. The third kappa shape index (κ3) is 4.20. The molecule has 0 amide bonds. The maximum Gasteiger partial charge on any atom is 0.262 e. The summed E-state index contributed by atoms with van der Waals surface area (Å²) >= 11 is 1.45. The zero-order valence-corrected chi connectivity index (χ0v) is 13.9. The van der Waals surface area contributed by atoms with Gasteiger partial charge in [-0.2, -0.15) is 0 Å². The molecule has 0 aliphatic rings. The summed E-state index contributed by atoms with van der Waals surface area (Å²) in [5, 5.41) is 4.91. The van der Waals surface area contributed by atoms with Crippen LogP contribution in [0, 0.1) is 13.8 Å². The highest BCUT2D eigenvalue weighted by Gasteiger charge is 2.14. The number of hydrogen-bond acceptors (Lipinski definition) is 6. The summed E-state index contributed by atoms with van der Waals surface area (Å²) in [5.41, 5.74) is 1.92. The van der Waals surface area contributed by atoms with Gasteiger partial charge in [-0.15, -0.1) is 0 Å². The first-order chi connectivity index (χ1) is 10.1. The van der Waals surface area contributed by atoms with E-state index in [4.69, 9.17) is 4.42 Å². The second-order valence-electron chi connectivity index (χ2n) is 4.95. The van der Waals surface area contributed by atoms with Gasteiger partial charge in [0.25, 0.3) is 5.22 Å². The number of nitrogens with one attached hydrogen (secondary N) is 1. The summed E-state index contributed by atoms with van der Waals surface area (Å²) in [5.74, 6) is 1.79. The molecule has 0 spiro atoms. The summed E-state index contributed by atoms with van der Waals surface area (Å²) in [6.45, 7) is 9.13. The highest BCUT2D eigenvalue weighted by molar-refractivity contribution is 7.99. The van der Waals surface area contributed by atoms with Crippen molar-refractivity contribution in [3.8, 4) is 0 Å². The molecule has 0 fully saturated rings. The SMILES string of the molecule is CCCNc1nc(CCC)nc(Sc2nc(C)co2)c1C. The normalized spacial score (nSPS) is 10.9. The third-order valence-corrected chi connectivity index (χ3v) is 3.90. The molecule has 2 aromatic rings. The van der Waals surface area contributed by atoms with Crippen molar-refractivity contribution in [2.45, 2.75) is 57.2 Å². The molecule has 0 atom stereocenters. The lowest BCUT2D eigenvalue weighted by Crippen LogP contribution is -2.08. The Morgan fingerprint density at radius 2 is 1.95 bits per heavy atom. The van der Waals surface area contributed by atoms with Gasteiger partial charge in [0.05, 0.1) is 5.69 Å². The Balaban J connectivity index is 2.30. The van der Waals surface area contributed by atoms with Gasteiger partial charge < -0.3 is 9.73 Å². The van der Waals surface area contributed by atoms with Crippen LogP contribution in [-0.2, 0) is 6.42 Å². The van der Waals surface area contributed by atoms with Crippen molar-refractivity contribution < 1.29 is 4.42 Å². The second kappa shape index (κ2) is 7.45. The van der Waals surface area contributed by atoms with E-state index in [0.29, 0.717) is 5.22 Å². The van der Waals surface area contributed by atoms with E-state index >= 15 is 0 Å². The molecule has 0 aliphatic heterocycles. The fourth-order valence-corrected chi connectivity index (χ4v) is 2.70. The molecule has 1 N–H and O–H groups in total. The Morgan fingerprint density at radius 1 is 1.14 bits per heavy atom. The minimum absolute atomic E-state index is 0.623. The van der Waals surface area contributed by atoms with Crippen molar-refractivity contribution in [1.29, 1.82) is 0 Å². The molecule has 0 aromatic carbocycles. The molecular formula is C15H22N4OS. The van der Waals surface area contributed by atoms with Gasteiger partial charge in [-0.05, 0) is 38.5 Å². The fourth-order valence-electron chi connectivity index (χ4n) is 1.85. The van der Waals surface area contributed by atoms with Crippen molar-refractivity contribution in [3.63, 3.8) is 0 Å². The van der Waals surface area contributed by atoms with Crippen LogP contribution in [0.2, 0.25) is 0 Å². The Kier molecular flexibility index (Phi) is 5.61. The van der Waals surface area contributed by atoms with E-state index < -0.39 is 0 Å². The number of rotatable bonds is 7. The second-order valence-corrected chi connectivity index (χ2v) is 5.89. The molecule has 0 unspecified atom stereocenters. The molecule has 0 saturated heterocycles. The van der Waals surface area contributed by atoms with E-state index in [2.05, 4.69) is 34.1 Å². The van der Waals surface area contributed by atoms with E-state index in [-0.39, 0.29) is 0 Å². The number of aryl methyl sites for hydroxylation is 2. The number of nitrogens with zero attached hydrogens (tertiary/aromatic N) is 3. The van der Waals surface area contributed by atoms with E-state index in [1.807, 2.05) is 13.8 Å². The smallest absolute Gasteiger partial charge is 0.262 e. The minimum Gasteiger partial charge on any atom is -0.439 e. The van der Waals surface area contributed by atoms with Crippen molar-refractivity contribution in [2.24, 2.45) is 0 Å². The van der Waals surface area contributed by atoms with E-state index in [1.165, 1.54) is 11.8 Å². The van der Waals surface area contributed by atoms with E-state index in [0.717, 1.165) is 53.7 Å². The summed E-state index contributed by atoms with van der Waals surface area (Å²) < 4.78 is 5.42. The quantitative estimate of drug-likeness (QED) is 0.780. The first-order valence-electron chi connectivity index (χ1n) is 7.35. The van der Waals surface area contributed by atoms with Gasteiger partial charge in [-0.1, -0.05) is 13.8 Å². The maximum atomic E-state index is 5.42. The van der Waals surface area contributed by atoms with Crippen molar-refractivity contribution >= 4 is 17.6 Å². The molecule has 2 rings (SSSR count). The maximum absolute atomic E-state index is 5.42. The van der Waals surface area contributed by atoms with E-state index in [9.17, 15) is 0 Å². The van der Waals surface area contributed by atoms with Crippen LogP contribution in [0.5, 0.6) is 0 Å². The minimum atomic E-state index is 0.623. The summed E-state index contributed by atoms with van der Waals surface area (Å²) in [7, 11) is 0. The predicted octanol–water partition coefficient (Wildman–Crippen LogP) is 4.01. The molecule has 0 bridgehead atoms. The molecule has 0 radical (unpaired) electrons. The van der Waals surface area contributed by atoms with Crippen LogP contribution in [0.1, 0.15) is 43.8 Å². The lowest BCUT2D eigenvalue weighted by molar-refractivity contribution is 0.453. The molecule has 114 valence electrons. The van der Waals surface area contributed by atoms with Gasteiger partial charge in [0.2, 0.25) is 0 Å². The average Bonchev–Trinajstić information content (AvgIpc) is 2.86. The van der Waals surface area contributed by atoms with Gasteiger partial charge in [-0.3, -0.25) is 0 Å². The first kappa shape index (κ1) is 15.8. The van der Waals surface area contributed by atoms with Crippen LogP contribution in [0.15, 0.2) is 20.9 Å². The number of anilines is 1. The van der Waals surface area contributed by atoms with Crippen LogP contribution in [0.3, 0.4) is 0 Å². The molecule has 5 nitrogen and oxygen atoms in total. The number of oxazole rings is 1. The van der Waals surface area contributed by atoms with Gasteiger partial charge in [0.15, 0.2) is 0 Å². The first-order valence-corrected chi connectivity index (χ1v) is 8.17. The fraction of sp³-hybridized carbons (Fsp3) is 0.533. The third-order valence-electron chi connectivity index (χ3n) is 2.95. The molecule has 21 heavy (non-hydrogen) atoms. The van der Waals surface area contributed by atoms with Gasteiger partial charge in [0.1, 0.15) is 22.9 Å². The molecule has 0 saturated carbocycles. The Labute approximate surface area is 130 Å². The lowest BCUT2D eigenvalue weighted by Gasteiger charge is -2.12. The van der Waals surface area contributed by atoms with Crippen LogP contribution in [0.4, 0.5) is 5.82 Å². The Bertz CT molecular complexity index is 597.